The minimum atomic E-state index is -2.68. The lowest BCUT2D eigenvalue weighted by atomic mass is 9.93. The Morgan fingerprint density at radius 2 is 1.40 bits per heavy atom. The predicted octanol–water partition coefficient (Wildman–Crippen LogP) is 7.30. The second kappa shape index (κ2) is 9.61. The van der Waals surface area contributed by atoms with Gasteiger partial charge in [-0.2, -0.15) is 0 Å². The molecule has 0 spiro atoms. The lowest BCUT2D eigenvalue weighted by Crippen LogP contribution is -2.66. The molecule has 3 heteroatoms. The quantitative estimate of drug-likeness (QED) is 0.203. The molecule has 1 aromatic heterocycles. The molecule has 8 rings (SSSR count). The predicted molar refractivity (Wildman–Crippen MR) is 180 cm³/mol. The van der Waals surface area contributed by atoms with Gasteiger partial charge in [0.25, 0.3) is 0 Å². The SMILES string of the molecule is COc1cc2c3c4c(cccc4n(C)c3c1-c1ccccc1)[Si@@](/C=C/C1C=CC=C1)(c1ccccc1)c1ccccc1-2. The number of rotatable bonds is 5. The number of hydrogen-bond acceptors (Lipinski definition) is 1. The molecule has 6 aromatic rings. The molecule has 0 saturated heterocycles. The second-order valence-corrected chi connectivity index (χ2v) is 14.9. The fourth-order valence-electron chi connectivity index (χ4n) is 7.35. The Bertz CT molecular complexity index is 2070. The van der Waals surface area contributed by atoms with Gasteiger partial charge < -0.3 is 9.30 Å². The normalized spacial score (nSPS) is 17.5. The van der Waals surface area contributed by atoms with Gasteiger partial charge in [-0.3, -0.25) is 0 Å². The van der Waals surface area contributed by atoms with Crippen LogP contribution < -0.4 is 20.3 Å². The van der Waals surface area contributed by atoms with Gasteiger partial charge in [-0.1, -0.05) is 133 Å². The molecule has 1 aliphatic heterocycles. The smallest absolute Gasteiger partial charge is 0.173 e. The van der Waals surface area contributed by atoms with Crippen LogP contribution in [0.1, 0.15) is 0 Å². The second-order valence-electron chi connectivity index (χ2n) is 11.3. The van der Waals surface area contributed by atoms with Gasteiger partial charge in [0, 0.05) is 34.8 Å². The van der Waals surface area contributed by atoms with Crippen LogP contribution in [0.4, 0.5) is 0 Å². The topological polar surface area (TPSA) is 14.2 Å². The molecule has 202 valence electrons. The van der Waals surface area contributed by atoms with Crippen LogP contribution in [0, 0.1) is 5.92 Å². The number of fused-ring (bicyclic) bond motifs is 2. The van der Waals surface area contributed by atoms with Crippen LogP contribution in [-0.2, 0) is 7.05 Å². The third-order valence-corrected chi connectivity index (χ3v) is 13.7. The summed E-state index contributed by atoms with van der Waals surface area (Å²) in [6.07, 6.45) is 11.3. The standard InChI is InChI=1S/C39H31NOSi/c1-40-32-21-13-23-35-38(32)37-31(26-33(41-2)36(39(37)40)28-16-5-3-6-17-28)30-20-11-12-22-34(30)42(35,29-18-7-4-8-19-29)25-24-27-14-9-10-15-27/h3-27H,1-2H3/b25-24+/t42-/m0/s1. The molecule has 0 unspecified atom stereocenters. The molecule has 1 atom stereocenters. The number of methoxy groups -OCH3 is 1. The molecule has 0 amide bonds. The number of benzene rings is 5. The van der Waals surface area contributed by atoms with Crippen molar-refractivity contribution in [2.24, 2.45) is 13.0 Å². The van der Waals surface area contributed by atoms with Crippen LogP contribution in [0.15, 0.2) is 145 Å². The molecule has 2 nitrogen and oxygen atoms in total. The molecule has 0 radical (unpaired) electrons. The summed E-state index contributed by atoms with van der Waals surface area (Å²) < 4.78 is 8.59. The Hall–Kier alpha value is -4.86. The zero-order chi connectivity index (χ0) is 28.3. The maximum Gasteiger partial charge on any atom is 0.173 e. The summed E-state index contributed by atoms with van der Waals surface area (Å²) in [5.74, 6) is 1.20. The van der Waals surface area contributed by atoms with Crippen molar-refractivity contribution in [1.29, 1.82) is 0 Å². The molecular formula is C39H31NOSi. The first kappa shape index (κ1) is 24.9. The van der Waals surface area contributed by atoms with Gasteiger partial charge in [-0.15, -0.1) is 0 Å². The van der Waals surface area contributed by atoms with E-state index in [4.69, 9.17) is 4.74 Å². The molecule has 2 aliphatic rings. The van der Waals surface area contributed by atoms with E-state index in [-0.39, 0.29) is 0 Å². The first-order valence-corrected chi connectivity index (χ1v) is 16.7. The highest BCUT2D eigenvalue weighted by molar-refractivity contribution is 7.16. The van der Waals surface area contributed by atoms with Crippen molar-refractivity contribution in [2.75, 3.05) is 7.11 Å². The highest BCUT2D eigenvalue weighted by Crippen LogP contribution is 2.47. The van der Waals surface area contributed by atoms with Crippen LogP contribution >= 0.6 is 0 Å². The maximum absolute atomic E-state index is 6.20. The van der Waals surface area contributed by atoms with Crippen LogP contribution in [0.25, 0.3) is 44.1 Å². The van der Waals surface area contributed by atoms with E-state index in [1.54, 1.807) is 7.11 Å². The van der Waals surface area contributed by atoms with E-state index in [1.165, 1.54) is 48.5 Å². The summed E-state index contributed by atoms with van der Waals surface area (Å²) in [5, 5.41) is 6.93. The zero-order valence-corrected chi connectivity index (χ0v) is 24.8. The van der Waals surface area contributed by atoms with Crippen molar-refractivity contribution in [3.05, 3.63) is 145 Å². The number of ether oxygens (including phenoxy) is 1. The van der Waals surface area contributed by atoms with Gasteiger partial charge in [0.05, 0.1) is 12.6 Å². The summed E-state index contributed by atoms with van der Waals surface area (Å²) in [6.45, 7) is 0. The van der Waals surface area contributed by atoms with Crippen molar-refractivity contribution in [1.82, 2.24) is 4.57 Å². The lowest BCUT2D eigenvalue weighted by Gasteiger charge is -2.32. The van der Waals surface area contributed by atoms with Gasteiger partial charge in [0.1, 0.15) is 5.75 Å². The molecule has 0 saturated carbocycles. The monoisotopic (exact) mass is 557 g/mol. The third-order valence-electron chi connectivity index (χ3n) is 9.18. The van der Waals surface area contributed by atoms with E-state index in [1.807, 2.05) is 0 Å². The molecule has 42 heavy (non-hydrogen) atoms. The Kier molecular flexibility index (Phi) is 5.70. The van der Waals surface area contributed by atoms with Crippen LogP contribution in [0.2, 0.25) is 0 Å². The summed E-state index contributed by atoms with van der Waals surface area (Å²) >= 11 is 0. The molecule has 0 fully saturated rings. The highest BCUT2D eigenvalue weighted by Gasteiger charge is 2.43. The average Bonchev–Trinajstić information content (AvgIpc) is 3.66. The van der Waals surface area contributed by atoms with Crippen molar-refractivity contribution in [3.63, 3.8) is 0 Å². The Morgan fingerprint density at radius 3 is 2.17 bits per heavy atom. The van der Waals surface area contributed by atoms with E-state index in [0.717, 1.165) is 16.9 Å². The number of nitrogens with zero attached hydrogens (tertiary/aromatic N) is 1. The van der Waals surface area contributed by atoms with Crippen molar-refractivity contribution >= 4 is 45.4 Å². The third kappa shape index (κ3) is 3.44. The van der Waals surface area contributed by atoms with Crippen LogP contribution in [0.5, 0.6) is 5.75 Å². The summed E-state index contributed by atoms with van der Waals surface area (Å²) in [5.41, 5.74) is 9.92. The van der Waals surface area contributed by atoms with E-state index >= 15 is 0 Å². The van der Waals surface area contributed by atoms with E-state index in [2.05, 4.69) is 157 Å². The summed E-state index contributed by atoms with van der Waals surface area (Å²) in [7, 11) is 1.33. The largest absolute Gasteiger partial charge is 0.496 e. The van der Waals surface area contributed by atoms with Crippen molar-refractivity contribution in [2.45, 2.75) is 0 Å². The maximum atomic E-state index is 6.20. The van der Waals surface area contributed by atoms with Crippen LogP contribution in [-0.4, -0.2) is 19.8 Å². The van der Waals surface area contributed by atoms with Gasteiger partial charge in [0.15, 0.2) is 8.07 Å². The Balaban J connectivity index is 1.61. The van der Waals surface area contributed by atoms with Gasteiger partial charge in [0.2, 0.25) is 0 Å². The lowest BCUT2D eigenvalue weighted by molar-refractivity contribution is 0.417. The zero-order valence-electron chi connectivity index (χ0n) is 23.8. The van der Waals surface area contributed by atoms with E-state index < -0.39 is 8.07 Å². The molecule has 5 aromatic carbocycles. The van der Waals surface area contributed by atoms with Crippen molar-refractivity contribution < 1.29 is 4.74 Å². The number of allylic oxidation sites excluding steroid dienone is 5. The molecule has 0 bridgehead atoms. The Morgan fingerprint density at radius 1 is 0.714 bits per heavy atom. The fourth-order valence-corrected chi connectivity index (χ4v) is 12.1. The highest BCUT2D eigenvalue weighted by atomic mass is 28.3. The molecule has 1 aliphatic carbocycles. The number of hydrogen-bond donors (Lipinski definition) is 0. The first-order chi connectivity index (χ1) is 20.7. The van der Waals surface area contributed by atoms with Crippen LogP contribution in [0.3, 0.4) is 0 Å². The first-order valence-electron chi connectivity index (χ1n) is 14.6. The summed E-state index contributed by atoms with van der Waals surface area (Å²) in [6, 6.07) is 40.3. The van der Waals surface area contributed by atoms with Gasteiger partial charge in [-0.25, -0.2) is 0 Å². The van der Waals surface area contributed by atoms with Gasteiger partial charge in [-0.05, 0) is 44.4 Å². The van der Waals surface area contributed by atoms with Crippen molar-refractivity contribution in [3.8, 4) is 28.0 Å². The Labute approximate surface area is 247 Å². The average molecular weight is 558 g/mol. The molecular weight excluding hydrogens is 527 g/mol. The summed E-state index contributed by atoms with van der Waals surface area (Å²) in [4.78, 5) is 0. The number of aryl methyl sites for hydroxylation is 1. The van der Waals surface area contributed by atoms with Gasteiger partial charge >= 0.3 is 0 Å². The minimum absolute atomic E-state index is 0.302. The number of aromatic nitrogens is 1. The van der Waals surface area contributed by atoms with E-state index in [9.17, 15) is 0 Å². The fraction of sp³-hybridized carbons (Fsp3) is 0.0769. The minimum Gasteiger partial charge on any atom is -0.496 e. The molecule has 0 N–H and O–H groups in total. The molecule has 2 heterocycles. The van der Waals surface area contributed by atoms with E-state index in [0.29, 0.717) is 5.92 Å².